The highest BCUT2D eigenvalue weighted by Gasteiger charge is 2.44. The average Bonchev–Trinajstić information content (AvgIpc) is 2.81. The molecule has 1 aromatic rings. The van der Waals surface area contributed by atoms with Crippen LogP contribution >= 0.6 is 11.6 Å². The standard InChI is InChI=1S/C21H30ClN3O3/c1-20(2)16-11-15(22)5-6-17(16)25(19(20)27)12-18(26)23-13-21(14-24(3)4)7-9-28-10-8-21/h5-6,11H,7-10,12-14H2,1-4H3,(H,23,26). The number of nitrogens with one attached hydrogen (secondary N) is 1. The average molecular weight is 408 g/mol. The predicted molar refractivity (Wildman–Crippen MR) is 111 cm³/mol. The minimum Gasteiger partial charge on any atom is -0.381 e. The van der Waals surface area contributed by atoms with E-state index in [1.165, 1.54) is 0 Å². The molecule has 2 amide bonds. The Hall–Kier alpha value is -1.63. The summed E-state index contributed by atoms with van der Waals surface area (Å²) < 4.78 is 5.51. The molecule has 0 aromatic heterocycles. The van der Waals surface area contributed by atoms with Gasteiger partial charge in [0, 0.05) is 42.4 Å². The molecule has 3 rings (SSSR count). The first-order valence-corrected chi connectivity index (χ1v) is 10.1. The Morgan fingerprint density at radius 3 is 2.61 bits per heavy atom. The van der Waals surface area contributed by atoms with Gasteiger partial charge in [0.2, 0.25) is 11.8 Å². The van der Waals surface area contributed by atoms with Crippen LogP contribution in [0.1, 0.15) is 32.3 Å². The molecule has 1 N–H and O–H groups in total. The summed E-state index contributed by atoms with van der Waals surface area (Å²) in [6.45, 7) is 6.69. The Morgan fingerprint density at radius 2 is 1.96 bits per heavy atom. The normalized spacial score (nSPS) is 20.4. The molecule has 0 unspecified atom stereocenters. The molecule has 154 valence electrons. The Morgan fingerprint density at radius 1 is 1.29 bits per heavy atom. The van der Waals surface area contributed by atoms with Gasteiger partial charge in [-0.1, -0.05) is 11.6 Å². The van der Waals surface area contributed by atoms with Crippen molar-refractivity contribution in [2.75, 3.05) is 51.8 Å². The van der Waals surface area contributed by atoms with Crippen molar-refractivity contribution in [3.8, 4) is 0 Å². The van der Waals surface area contributed by atoms with Crippen LogP contribution in [0.5, 0.6) is 0 Å². The van der Waals surface area contributed by atoms with Crippen molar-refractivity contribution < 1.29 is 14.3 Å². The molecule has 28 heavy (non-hydrogen) atoms. The summed E-state index contributed by atoms with van der Waals surface area (Å²) in [7, 11) is 4.10. The van der Waals surface area contributed by atoms with Crippen LogP contribution < -0.4 is 10.2 Å². The van der Waals surface area contributed by atoms with Gasteiger partial charge >= 0.3 is 0 Å². The third kappa shape index (κ3) is 4.19. The summed E-state index contributed by atoms with van der Waals surface area (Å²) in [5.74, 6) is -0.217. The lowest BCUT2D eigenvalue weighted by Crippen LogP contribution is -2.49. The fourth-order valence-corrected chi connectivity index (χ4v) is 4.49. The zero-order valence-corrected chi connectivity index (χ0v) is 17.9. The Balaban J connectivity index is 1.69. The number of benzene rings is 1. The number of ether oxygens (including phenoxy) is 1. The van der Waals surface area contributed by atoms with E-state index in [1.54, 1.807) is 11.0 Å². The van der Waals surface area contributed by atoms with Crippen molar-refractivity contribution in [1.82, 2.24) is 10.2 Å². The monoisotopic (exact) mass is 407 g/mol. The summed E-state index contributed by atoms with van der Waals surface area (Å²) in [6, 6.07) is 5.40. The number of nitrogens with zero attached hydrogens (tertiary/aromatic N) is 2. The number of halogens is 1. The lowest BCUT2D eigenvalue weighted by atomic mass is 9.79. The third-order valence-corrected chi connectivity index (χ3v) is 6.11. The zero-order chi connectivity index (χ0) is 20.5. The molecule has 2 heterocycles. The van der Waals surface area contributed by atoms with Gasteiger partial charge < -0.3 is 19.9 Å². The van der Waals surface area contributed by atoms with Crippen LogP contribution in [0.15, 0.2) is 18.2 Å². The van der Waals surface area contributed by atoms with Crippen LogP contribution in [-0.2, 0) is 19.7 Å². The summed E-state index contributed by atoms with van der Waals surface area (Å²) in [6.07, 6.45) is 1.84. The number of fused-ring (bicyclic) bond motifs is 1. The smallest absolute Gasteiger partial charge is 0.240 e. The predicted octanol–water partition coefficient (Wildman–Crippen LogP) is 2.44. The minimum absolute atomic E-state index is 0.0110. The molecule has 0 saturated carbocycles. The highest BCUT2D eigenvalue weighted by molar-refractivity contribution is 6.31. The highest BCUT2D eigenvalue weighted by Crippen LogP contribution is 2.42. The summed E-state index contributed by atoms with van der Waals surface area (Å²) in [5, 5.41) is 3.67. The maximum atomic E-state index is 12.9. The van der Waals surface area contributed by atoms with E-state index in [4.69, 9.17) is 16.3 Å². The molecule has 1 aromatic carbocycles. The number of rotatable bonds is 6. The van der Waals surface area contributed by atoms with E-state index in [0.717, 1.165) is 43.9 Å². The summed E-state index contributed by atoms with van der Waals surface area (Å²) >= 11 is 6.12. The Bertz CT molecular complexity index is 757. The molecule has 0 atom stereocenters. The van der Waals surface area contributed by atoms with Crippen LogP contribution in [0.4, 0.5) is 5.69 Å². The molecular formula is C21H30ClN3O3. The van der Waals surface area contributed by atoms with Gasteiger partial charge in [0.15, 0.2) is 0 Å². The van der Waals surface area contributed by atoms with Gasteiger partial charge in [-0.3, -0.25) is 9.59 Å². The maximum absolute atomic E-state index is 12.9. The second kappa shape index (κ2) is 8.01. The van der Waals surface area contributed by atoms with E-state index in [0.29, 0.717) is 11.6 Å². The first-order valence-electron chi connectivity index (χ1n) is 9.76. The highest BCUT2D eigenvalue weighted by atomic mass is 35.5. The molecule has 0 spiro atoms. The zero-order valence-electron chi connectivity index (χ0n) is 17.2. The van der Waals surface area contributed by atoms with Crippen molar-refractivity contribution in [3.63, 3.8) is 0 Å². The van der Waals surface area contributed by atoms with Gasteiger partial charge in [0.25, 0.3) is 0 Å². The van der Waals surface area contributed by atoms with Gasteiger partial charge in [-0.2, -0.15) is 0 Å². The molecule has 0 aliphatic carbocycles. The Labute approximate surface area is 172 Å². The van der Waals surface area contributed by atoms with Crippen molar-refractivity contribution >= 4 is 29.1 Å². The Kier molecular flexibility index (Phi) is 6.03. The molecule has 2 aliphatic heterocycles. The number of carbonyl (C=O) groups is 2. The molecular weight excluding hydrogens is 378 g/mol. The first-order chi connectivity index (χ1) is 13.1. The molecule has 0 bridgehead atoms. The van der Waals surface area contributed by atoms with E-state index >= 15 is 0 Å². The molecule has 2 aliphatic rings. The van der Waals surface area contributed by atoms with Crippen molar-refractivity contribution in [1.29, 1.82) is 0 Å². The number of carbonyl (C=O) groups excluding carboxylic acids is 2. The van der Waals surface area contributed by atoms with E-state index in [9.17, 15) is 9.59 Å². The molecule has 0 radical (unpaired) electrons. The number of amides is 2. The first kappa shape index (κ1) is 21.1. The quantitative estimate of drug-likeness (QED) is 0.786. The summed E-state index contributed by atoms with van der Waals surface area (Å²) in [4.78, 5) is 29.4. The number of anilines is 1. The van der Waals surface area contributed by atoms with E-state index in [1.807, 2.05) is 40.1 Å². The van der Waals surface area contributed by atoms with Crippen molar-refractivity contribution in [2.45, 2.75) is 32.1 Å². The van der Waals surface area contributed by atoms with Crippen LogP contribution in [0.2, 0.25) is 5.02 Å². The second-order valence-corrected chi connectivity index (χ2v) is 9.24. The fraction of sp³-hybridized carbons (Fsp3) is 0.619. The second-order valence-electron chi connectivity index (χ2n) is 8.80. The van der Waals surface area contributed by atoms with Crippen molar-refractivity contribution in [2.24, 2.45) is 5.41 Å². The van der Waals surface area contributed by atoms with E-state index in [-0.39, 0.29) is 23.8 Å². The summed E-state index contributed by atoms with van der Waals surface area (Å²) in [5.41, 5.74) is 0.958. The van der Waals surface area contributed by atoms with E-state index in [2.05, 4.69) is 10.2 Å². The van der Waals surface area contributed by atoms with Crippen LogP contribution in [0, 0.1) is 5.41 Å². The minimum atomic E-state index is -0.687. The molecule has 1 fully saturated rings. The maximum Gasteiger partial charge on any atom is 0.240 e. The lowest BCUT2D eigenvalue weighted by molar-refractivity contribution is -0.126. The van der Waals surface area contributed by atoms with Crippen LogP contribution in [-0.4, -0.2) is 63.7 Å². The fourth-order valence-electron chi connectivity index (χ4n) is 4.31. The number of hydrogen-bond donors (Lipinski definition) is 1. The van der Waals surface area contributed by atoms with Gasteiger partial charge in [0.05, 0.1) is 5.41 Å². The molecule has 7 heteroatoms. The van der Waals surface area contributed by atoms with Crippen molar-refractivity contribution in [3.05, 3.63) is 28.8 Å². The van der Waals surface area contributed by atoms with Gasteiger partial charge in [0.1, 0.15) is 6.54 Å². The van der Waals surface area contributed by atoms with E-state index < -0.39 is 5.41 Å². The largest absolute Gasteiger partial charge is 0.381 e. The van der Waals surface area contributed by atoms with Crippen LogP contribution in [0.3, 0.4) is 0 Å². The molecule has 1 saturated heterocycles. The topological polar surface area (TPSA) is 61.9 Å². The molecule has 6 nitrogen and oxygen atoms in total. The SMILES string of the molecule is CN(C)CC1(CNC(=O)CN2C(=O)C(C)(C)c3cc(Cl)ccc32)CCOCC1. The lowest BCUT2D eigenvalue weighted by Gasteiger charge is -2.39. The number of hydrogen-bond acceptors (Lipinski definition) is 4. The van der Waals surface area contributed by atoms with Gasteiger partial charge in [-0.05, 0) is 64.5 Å². The van der Waals surface area contributed by atoms with Gasteiger partial charge in [-0.15, -0.1) is 0 Å². The van der Waals surface area contributed by atoms with Crippen LogP contribution in [0.25, 0.3) is 0 Å². The van der Waals surface area contributed by atoms with Gasteiger partial charge in [-0.25, -0.2) is 0 Å². The third-order valence-electron chi connectivity index (χ3n) is 5.87.